The topological polar surface area (TPSA) is 71.2 Å². The van der Waals surface area contributed by atoms with Gasteiger partial charge in [-0.05, 0) is 46.0 Å². The van der Waals surface area contributed by atoms with Gasteiger partial charge in [-0.3, -0.25) is 0 Å². The number of aryl methyl sites for hydroxylation is 1. The van der Waals surface area contributed by atoms with Crippen LogP contribution < -0.4 is 0 Å². The third kappa shape index (κ3) is 4.48. The molecule has 1 fully saturated rings. The van der Waals surface area contributed by atoms with Crippen LogP contribution in [0.3, 0.4) is 0 Å². The van der Waals surface area contributed by atoms with Gasteiger partial charge in [0.2, 0.25) is 5.82 Å². The fourth-order valence-corrected chi connectivity index (χ4v) is 2.66. The molecule has 0 spiro atoms. The number of aromatic nitrogens is 2. The van der Waals surface area contributed by atoms with Crippen LogP contribution in [-0.2, 0) is 11.3 Å². The molecule has 0 unspecified atom stereocenters. The molecule has 1 amide bonds. The second kappa shape index (κ2) is 6.82. The van der Waals surface area contributed by atoms with Gasteiger partial charge in [0.05, 0.1) is 0 Å². The zero-order valence-corrected chi connectivity index (χ0v) is 13.6. The van der Waals surface area contributed by atoms with Gasteiger partial charge in [0.15, 0.2) is 0 Å². The summed E-state index contributed by atoms with van der Waals surface area (Å²) in [5.74, 6) is 1.04. The van der Waals surface area contributed by atoms with Gasteiger partial charge in [0, 0.05) is 32.0 Å². The number of likely N-dealkylation sites (tertiary alicyclic amines) is 1. The van der Waals surface area contributed by atoms with Crippen molar-refractivity contribution in [3.05, 3.63) is 18.2 Å². The number of imidazole rings is 1. The Morgan fingerprint density at radius 2 is 2.14 bits per heavy atom. The van der Waals surface area contributed by atoms with Crippen LogP contribution in [0.5, 0.6) is 0 Å². The van der Waals surface area contributed by atoms with Gasteiger partial charge in [-0.1, -0.05) is 0 Å². The number of hydrogen-bond acceptors (Lipinski definition) is 4. The number of amides is 1. The molecule has 0 radical (unpaired) electrons. The Morgan fingerprint density at radius 3 is 2.73 bits per heavy atom. The first-order chi connectivity index (χ1) is 10.4. The van der Waals surface area contributed by atoms with Gasteiger partial charge in [-0.15, -0.1) is 0 Å². The van der Waals surface area contributed by atoms with Crippen LogP contribution in [0.1, 0.15) is 45.9 Å². The molecule has 0 aliphatic carbocycles. The number of carbonyl (C=O) groups is 1. The van der Waals surface area contributed by atoms with Gasteiger partial charge in [0.1, 0.15) is 11.7 Å². The van der Waals surface area contributed by atoms with Gasteiger partial charge >= 0.3 is 6.09 Å². The molecule has 0 aromatic carbocycles. The quantitative estimate of drug-likeness (QED) is 0.861. The second-order valence-electron chi connectivity index (χ2n) is 6.76. The second-order valence-corrected chi connectivity index (χ2v) is 6.76. The first-order valence-electron chi connectivity index (χ1n) is 7.78. The molecule has 0 bridgehead atoms. The zero-order chi connectivity index (χ0) is 16.2. The van der Waals surface area contributed by atoms with E-state index < -0.39 is 5.60 Å². The minimum atomic E-state index is -0.441. The van der Waals surface area contributed by atoms with E-state index in [2.05, 4.69) is 11.1 Å². The molecule has 1 aliphatic rings. The summed E-state index contributed by atoms with van der Waals surface area (Å²) < 4.78 is 7.29. The molecule has 0 saturated carbocycles. The molecule has 1 aliphatic heterocycles. The van der Waals surface area contributed by atoms with Crippen molar-refractivity contribution in [1.29, 1.82) is 5.26 Å². The summed E-state index contributed by atoms with van der Waals surface area (Å²) in [7, 11) is 0. The average molecular weight is 304 g/mol. The Hall–Kier alpha value is -2.03. The fourth-order valence-electron chi connectivity index (χ4n) is 2.66. The van der Waals surface area contributed by atoms with E-state index in [0.717, 1.165) is 38.9 Å². The van der Waals surface area contributed by atoms with Crippen molar-refractivity contribution >= 4 is 6.09 Å². The first-order valence-corrected chi connectivity index (χ1v) is 7.78. The standard InChI is InChI=1S/C16H24N4O2/c1-16(2,3)22-15(21)20-9-5-13(6-10-20)4-8-19-11-7-18-14(19)12-17/h7,11,13H,4-6,8-10H2,1-3H3. The number of nitrogens with zero attached hydrogens (tertiary/aromatic N) is 4. The molecule has 6 heteroatoms. The lowest BCUT2D eigenvalue weighted by Gasteiger charge is -2.33. The Labute approximate surface area is 131 Å². The van der Waals surface area contributed by atoms with Crippen molar-refractivity contribution in [2.24, 2.45) is 5.92 Å². The summed E-state index contributed by atoms with van der Waals surface area (Å²) in [6.45, 7) is 7.95. The van der Waals surface area contributed by atoms with Crippen molar-refractivity contribution in [3.63, 3.8) is 0 Å². The van der Waals surface area contributed by atoms with Crippen molar-refractivity contribution < 1.29 is 9.53 Å². The van der Waals surface area contributed by atoms with Crippen LogP contribution >= 0.6 is 0 Å². The molecular formula is C16H24N4O2. The van der Waals surface area contributed by atoms with Gasteiger partial charge in [-0.25, -0.2) is 9.78 Å². The molecule has 1 aromatic rings. The van der Waals surface area contributed by atoms with E-state index >= 15 is 0 Å². The molecule has 6 nitrogen and oxygen atoms in total. The minimum Gasteiger partial charge on any atom is -0.444 e. The molecule has 2 rings (SSSR count). The third-order valence-electron chi connectivity index (χ3n) is 3.86. The summed E-state index contributed by atoms with van der Waals surface area (Å²) >= 11 is 0. The van der Waals surface area contributed by atoms with E-state index in [1.165, 1.54) is 0 Å². The predicted octanol–water partition coefficient (Wildman–Crippen LogP) is 2.79. The molecule has 1 aromatic heterocycles. The number of hydrogen-bond donors (Lipinski definition) is 0. The van der Waals surface area contributed by atoms with Crippen LogP contribution in [0.25, 0.3) is 0 Å². The van der Waals surface area contributed by atoms with Crippen LogP contribution in [-0.4, -0.2) is 39.2 Å². The Kier molecular flexibility index (Phi) is 5.07. The van der Waals surface area contributed by atoms with E-state index in [4.69, 9.17) is 10.00 Å². The highest BCUT2D eigenvalue weighted by Crippen LogP contribution is 2.23. The maximum absolute atomic E-state index is 12.0. The molecule has 2 heterocycles. The molecule has 1 saturated heterocycles. The zero-order valence-electron chi connectivity index (χ0n) is 13.6. The van der Waals surface area contributed by atoms with E-state index in [1.807, 2.05) is 31.5 Å². The summed E-state index contributed by atoms with van der Waals surface area (Å²) in [6.07, 6.45) is 6.25. The van der Waals surface area contributed by atoms with Crippen molar-refractivity contribution in [2.45, 2.75) is 52.2 Å². The number of nitriles is 1. The lowest BCUT2D eigenvalue weighted by Crippen LogP contribution is -2.41. The Bertz CT molecular complexity index is 545. The molecule has 0 atom stereocenters. The number of ether oxygens (including phenoxy) is 1. The van der Waals surface area contributed by atoms with E-state index in [1.54, 1.807) is 11.1 Å². The van der Waals surface area contributed by atoms with Crippen LogP contribution in [0, 0.1) is 17.2 Å². The summed E-state index contributed by atoms with van der Waals surface area (Å²) in [5.41, 5.74) is -0.441. The highest BCUT2D eigenvalue weighted by Gasteiger charge is 2.26. The van der Waals surface area contributed by atoms with Crippen molar-refractivity contribution in [2.75, 3.05) is 13.1 Å². The molecular weight excluding hydrogens is 280 g/mol. The highest BCUT2D eigenvalue weighted by atomic mass is 16.6. The van der Waals surface area contributed by atoms with E-state index in [9.17, 15) is 4.79 Å². The van der Waals surface area contributed by atoms with Gasteiger partial charge < -0.3 is 14.2 Å². The summed E-state index contributed by atoms with van der Waals surface area (Å²) in [6, 6.07) is 2.09. The number of carbonyl (C=O) groups excluding carboxylic acids is 1. The molecule has 0 N–H and O–H groups in total. The smallest absolute Gasteiger partial charge is 0.410 e. The number of rotatable bonds is 3. The van der Waals surface area contributed by atoms with Crippen LogP contribution in [0.15, 0.2) is 12.4 Å². The number of piperidine rings is 1. The van der Waals surface area contributed by atoms with Crippen molar-refractivity contribution in [3.8, 4) is 6.07 Å². The van der Waals surface area contributed by atoms with Crippen molar-refractivity contribution in [1.82, 2.24) is 14.5 Å². The SMILES string of the molecule is CC(C)(C)OC(=O)N1CCC(CCn2ccnc2C#N)CC1. The summed E-state index contributed by atoms with van der Waals surface area (Å²) in [5, 5.41) is 8.94. The monoisotopic (exact) mass is 304 g/mol. The Balaban J connectivity index is 1.76. The lowest BCUT2D eigenvalue weighted by atomic mass is 9.94. The average Bonchev–Trinajstić information content (AvgIpc) is 2.91. The third-order valence-corrected chi connectivity index (χ3v) is 3.86. The highest BCUT2D eigenvalue weighted by molar-refractivity contribution is 5.68. The van der Waals surface area contributed by atoms with Crippen LogP contribution in [0.4, 0.5) is 4.79 Å². The largest absolute Gasteiger partial charge is 0.444 e. The molecule has 22 heavy (non-hydrogen) atoms. The minimum absolute atomic E-state index is 0.215. The Morgan fingerprint density at radius 1 is 1.45 bits per heavy atom. The fraction of sp³-hybridized carbons (Fsp3) is 0.688. The first kappa shape index (κ1) is 16.3. The normalized spacial score (nSPS) is 16.4. The maximum atomic E-state index is 12.0. The van der Waals surface area contributed by atoms with E-state index in [0.29, 0.717) is 11.7 Å². The van der Waals surface area contributed by atoms with Gasteiger partial charge in [-0.2, -0.15) is 5.26 Å². The van der Waals surface area contributed by atoms with E-state index in [-0.39, 0.29) is 6.09 Å². The lowest BCUT2D eigenvalue weighted by molar-refractivity contribution is 0.0180. The van der Waals surface area contributed by atoms with Gasteiger partial charge in [0.25, 0.3) is 0 Å². The van der Waals surface area contributed by atoms with Crippen LogP contribution in [0.2, 0.25) is 0 Å². The summed E-state index contributed by atoms with van der Waals surface area (Å²) in [4.78, 5) is 17.8. The predicted molar refractivity (Wildman–Crippen MR) is 82.1 cm³/mol. The molecule has 120 valence electrons. The maximum Gasteiger partial charge on any atom is 0.410 e.